The highest BCUT2D eigenvalue weighted by Crippen LogP contribution is 2.18. The molecule has 0 saturated heterocycles. The molecule has 1 fully saturated rings. The standard InChI is InChI=1S/C12H21N3S/c1-15-10-12(9-14-15)16-8-7-13-11-5-3-2-4-6-11/h9-11,13H,2-8H2,1H3. The lowest BCUT2D eigenvalue weighted by Gasteiger charge is -2.22. The van der Waals surface area contributed by atoms with Gasteiger partial charge in [0.1, 0.15) is 0 Å². The number of aromatic nitrogens is 2. The average molecular weight is 239 g/mol. The van der Waals surface area contributed by atoms with Crippen LogP contribution >= 0.6 is 11.8 Å². The number of thioether (sulfide) groups is 1. The maximum atomic E-state index is 4.16. The van der Waals surface area contributed by atoms with Crippen LogP contribution in [0.1, 0.15) is 32.1 Å². The maximum absolute atomic E-state index is 4.16. The van der Waals surface area contributed by atoms with Gasteiger partial charge in [0.05, 0.1) is 6.20 Å². The van der Waals surface area contributed by atoms with Crippen LogP contribution in [0.4, 0.5) is 0 Å². The molecule has 3 nitrogen and oxygen atoms in total. The van der Waals surface area contributed by atoms with Crippen molar-refractivity contribution in [3.63, 3.8) is 0 Å². The van der Waals surface area contributed by atoms with Crippen LogP contribution in [0.3, 0.4) is 0 Å². The summed E-state index contributed by atoms with van der Waals surface area (Å²) in [4.78, 5) is 1.27. The summed E-state index contributed by atoms with van der Waals surface area (Å²) in [5.41, 5.74) is 0. The molecule has 1 aliphatic carbocycles. The van der Waals surface area contributed by atoms with Gasteiger partial charge in [0.25, 0.3) is 0 Å². The van der Waals surface area contributed by atoms with Crippen molar-refractivity contribution in [2.75, 3.05) is 12.3 Å². The fraction of sp³-hybridized carbons (Fsp3) is 0.750. The quantitative estimate of drug-likeness (QED) is 0.632. The van der Waals surface area contributed by atoms with E-state index >= 15 is 0 Å². The summed E-state index contributed by atoms with van der Waals surface area (Å²) in [6.45, 7) is 1.12. The number of nitrogens with zero attached hydrogens (tertiary/aromatic N) is 2. The maximum Gasteiger partial charge on any atom is 0.0625 e. The van der Waals surface area contributed by atoms with E-state index in [9.17, 15) is 0 Å². The van der Waals surface area contributed by atoms with E-state index in [0.29, 0.717) is 0 Å². The van der Waals surface area contributed by atoms with Gasteiger partial charge in [-0.25, -0.2) is 0 Å². The molecule has 16 heavy (non-hydrogen) atoms. The third kappa shape index (κ3) is 3.83. The minimum Gasteiger partial charge on any atom is -0.313 e. The molecule has 90 valence electrons. The van der Waals surface area contributed by atoms with Crippen LogP contribution in [0.2, 0.25) is 0 Å². The summed E-state index contributed by atoms with van der Waals surface area (Å²) < 4.78 is 1.86. The monoisotopic (exact) mass is 239 g/mol. The zero-order chi connectivity index (χ0) is 11.2. The molecule has 0 bridgehead atoms. The van der Waals surface area contributed by atoms with Gasteiger partial charge in [0.15, 0.2) is 0 Å². The van der Waals surface area contributed by atoms with Crippen LogP contribution in [0, 0.1) is 0 Å². The topological polar surface area (TPSA) is 29.9 Å². The van der Waals surface area contributed by atoms with Gasteiger partial charge in [-0.2, -0.15) is 5.10 Å². The van der Waals surface area contributed by atoms with Crippen LogP contribution in [-0.2, 0) is 7.05 Å². The number of nitrogens with one attached hydrogen (secondary N) is 1. The average Bonchev–Trinajstić information content (AvgIpc) is 2.72. The molecule has 4 heteroatoms. The number of hydrogen-bond donors (Lipinski definition) is 1. The Morgan fingerprint density at radius 2 is 2.25 bits per heavy atom. The summed E-state index contributed by atoms with van der Waals surface area (Å²) in [5, 5.41) is 7.81. The van der Waals surface area contributed by atoms with Gasteiger partial charge in [-0.05, 0) is 12.8 Å². The Labute approximate surface area is 102 Å². The van der Waals surface area contributed by atoms with Crippen molar-refractivity contribution in [3.8, 4) is 0 Å². The number of hydrogen-bond acceptors (Lipinski definition) is 3. The van der Waals surface area contributed by atoms with E-state index in [1.165, 1.54) is 37.0 Å². The van der Waals surface area contributed by atoms with Crippen molar-refractivity contribution < 1.29 is 0 Å². The highest BCUT2D eigenvalue weighted by atomic mass is 32.2. The molecule has 1 saturated carbocycles. The molecular formula is C12H21N3S. The highest BCUT2D eigenvalue weighted by molar-refractivity contribution is 7.99. The predicted molar refractivity (Wildman–Crippen MR) is 68.8 cm³/mol. The Morgan fingerprint density at radius 3 is 2.94 bits per heavy atom. The van der Waals surface area contributed by atoms with E-state index in [4.69, 9.17) is 0 Å². The third-order valence-electron chi connectivity index (χ3n) is 3.09. The lowest BCUT2D eigenvalue weighted by Crippen LogP contribution is -2.32. The van der Waals surface area contributed by atoms with E-state index in [1.807, 2.05) is 29.7 Å². The first-order valence-electron chi connectivity index (χ1n) is 6.19. The first kappa shape index (κ1) is 12.0. The zero-order valence-corrected chi connectivity index (χ0v) is 10.8. The number of aryl methyl sites for hydroxylation is 1. The molecule has 0 aromatic carbocycles. The van der Waals surface area contributed by atoms with Gasteiger partial charge < -0.3 is 5.32 Å². The van der Waals surface area contributed by atoms with E-state index in [0.717, 1.165) is 18.3 Å². The van der Waals surface area contributed by atoms with E-state index < -0.39 is 0 Å². The Kier molecular flexibility index (Phi) is 4.72. The SMILES string of the molecule is Cn1cc(SCCNC2CCCCC2)cn1. The van der Waals surface area contributed by atoms with E-state index in [1.54, 1.807) is 0 Å². The molecule has 2 rings (SSSR count). The van der Waals surface area contributed by atoms with Crippen molar-refractivity contribution in [3.05, 3.63) is 12.4 Å². The van der Waals surface area contributed by atoms with Gasteiger partial charge in [0, 0.05) is 36.5 Å². The first-order chi connectivity index (χ1) is 7.84. The molecule has 1 aliphatic rings. The highest BCUT2D eigenvalue weighted by Gasteiger charge is 2.11. The van der Waals surface area contributed by atoms with E-state index in [-0.39, 0.29) is 0 Å². The molecule has 0 spiro atoms. The molecule has 1 aromatic heterocycles. The number of rotatable bonds is 5. The van der Waals surface area contributed by atoms with Gasteiger partial charge >= 0.3 is 0 Å². The van der Waals surface area contributed by atoms with Gasteiger partial charge in [-0.1, -0.05) is 19.3 Å². The van der Waals surface area contributed by atoms with Gasteiger partial charge in [-0.15, -0.1) is 11.8 Å². The zero-order valence-electron chi connectivity index (χ0n) is 9.98. The smallest absolute Gasteiger partial charge is 0.0625 e. The van der Waals surface area contributed by atoms with Crippen molar-refractivity contribution in [1.29, 1.82) is 0 Å². The van der Waals surface area contributed by atoms with E-state index in [2.05, 4.69) is 16.6 Å². The lowest BCUT2D eigenvalue weighted by atomic mass is 9.96. The Balaban J connectivity index is 1.57. The third-order valence-corrected chi connectivity index (χ3v) is 4.04. The molecular weight excluding hydrogens is 218 g/mol. The summed E-state index contributed by atoms with van der Waals surface area (Å²) in [5.74, 6) is 1.14. The molecule has 1 heterocycles. The molecule has 0 amide bonds. The fourth-order valence-electron chi connectivity index (χ4n) is 2.21. The normalized spacial score (nSPS) is 17.8. The summed E-state index contributed by atoms with van der Waals surface area (Å²) in [6, 6.07) is 0.781. The minimum absolute atomic E-state index is 0.781. The van der Waals surface area contributed by atoms with Crippen LogP contribution in [0.25, 0.3) is 0 Å². The summed E-state index contributed by atoms with van der Waals surface area (Å²) in [6.07, 6.45) is 11.0. The fourth-order valence-corrected chi connectivity index (χ4v) is 3.02. The molecule has 1 N–H and O–H groups in total. The van der Waals surface area contributed by atoms with Crippen LogP contribution in [0.5, 0.6) is 0 Å². The summed E-state index contributed by atoms with van der Waals surface area (Å²) in [7, 11) is 1.96. The molecule has 0 unspecified atom stereocenters. The predicted octanol–water partition coefficient (Wildman–Crippen LogP) is 2.43. The first-order valence-corrected chi connectivity index (χ1v) is 7.18. The van der Waals surface area contributed by atoms with Crippen molar-refractivity contribution >= 4 is 11.8 Å². The van der Waals surface area contributed by atoms with Crippen molar-refractivity contribution in [2.24, 2.45) is 7.05 Å². The van der Waals surface area contributed by atoms with Gasteiger partial charge in [-0.3, -0.25) is 4.68 Å². The van der Waals surface area contributed by atoms with Crippen molar-refractivity contribution in [2.45, 2.75) is 43.0 Å². The van der Waals surface area contributed by atoms with Gasteiger partial charge in [0.2, 0.25) is 0 Å². The second kappa shape index (κ2) is 6.30. The largest absolute Gasteiger partial charge is 0.313 e. The van der Waals surface area contributed by atoms with Crippen molar-refractivity contribution in [1.82, 2.24) is 15.1 Å². The second-order valence-electron chi connectivity index (χ2n) is 4.49. The Bertz CT molecular complexity index is 305. The second-order valence-corrected chi connectivity index (χ2v) is 5.66. The minimum atomic E-state index is 0.781. The van der Waals surface area contributed by atoms with Crippen LogP contribution in [0.15, 0.2) is 17.3 Å². The molecule has 0 atom stereocenters. The molecule has 0 aliphatic heterocycles. The Morgan fingerprint density at radius 1 is 1.44 bits per heavy atom. The summed E-state index contributed by atoms with van der Waals surface area (Å²) >= 11 is 1.88. The lowest BCUT2D eigenvalue weighted by molar-refractivity contribution is 0.381. The molecule has 0 radical (unpaired) electrons. The van der Waals surface area contributed by atoms with Crippen LogP contribution < -0.4 is 5.32 Å². The Hall–Kier alpha value is -0.480. The molecule has 1 aromatic rings. The van der Waals surface area contributed by atoms with Crippen LogP contribution in [-0.4, -0.2) is 28.1 Å².